The van der Waals surface area contributed by atoms with Crippen LogP contribution in [0, 0.1) is 0 Å². The topological polar surface area (TPSA) is 51.0 Å². The zero-order valence-corrected chi connectivity index (χ0v) is 11.8. The summed E-state index contributed by atoms with van der Waals surface area (Å²) in [6, 6.07) is 9.64. The summed E-state index contributed by atoms with van der Waals surface area (Å²) in [5, 5.41) is 0. The number of methoxy groups -OCH3 is 1. The summed E-state index contributed by atoms with van der Waals surface area (Å²) in [4.78, 5) is 7.17. The Labute approximate surface area is 118 Å². The Bertz CT molecular complexity index is 689. The molecule has 0 radical (unpaired) electrons. The molecule has 0 fully saturated rings. The molecule has 4 nitrogen and oxygen atoms in total. The van der Waals surface area contributed by atoms with Crippen molar-refractivity contribution in [3.05, 3.63) is 47.2 Å². The molecule has 0 spiro atoms. The number of halogens is 1. The van der Waals surface area contributed by atoms with Crippen molar-refractivity contribution in [3.63, 3.8) is 0 Å². The minimum atomic E-state index is 0.710. The van der Waals surface area contributed by atoms with Gasteiger partial charge in [-0.1, -0.05) is 0 Å². The second-order valence-corrected chi connectivity index (χ2v) is 4.81. The van der Waals surface area contributed by atoms with Crippen molar-refractivity contribution in [3.8, 4) is 28.7 Å². The minimum absolute atomic E-state index is 0.710. The van der Waals surface area contributed by atoms with Crippen molar-refractivity contribution in [2.24, 2.45) is 0 Å². The molecule has 0 unspecified atom stereocenters. The molecule has 3 rings (SSSR count). The van der Waals surface area contributed by atoms with Crippen LogP contribution in [0.3, 0.4) is 0 Å². The highest BCUT2D eigenvalue weighted by Crippen LogP contribution is 2.32. The van der Waals surface area contributed by atoms with Gasteiger partial charge in [0.1, 0.15) is 11.5 Å². The van der Waals surface area contributed by atoms with Gasteiger partial charge in [-0.25, -0.2) is 4.98 Å². The van der Waals surface area contributed by atoms with Gasteiger partial charge in [0, 0.05) is 18.0 Å². The number of ether oxygens (including phenoxy) is 1. The standard InChI is InChI=1S/C14H11BrN2O2/c1-18-13-8-9(2-3-10(13)15)11-4-5-12(19-11)14-16-6-7-17-14/h2-8H,1H3,(H,16,17). The van der Waals surface area contributed by atoms with Crippen LogP contribution in [0.1, 0.15) is 0 Å². The first kappa shape index (κ1) is 12.0. The van der Waals surface area contributed by atoms with Gasteiger partial charge in [-0.15, -0.1) is 0 Å². The van der Waals surface area contributed by atoms with Crippen LogP contribution >= 0.6 is 15.9 Å². The highest BCUT2D eigenvalue weighted by atomic mass is 79.9. The molecule has 0 bridgehead atoms. The molecule has 0 aliphatic rings. The number of aromatic amines is 1. The molecule has 2 heterocycles. The molecule has 0 amide bonds. The van der Waals surface area contributed by atoms with Crippen LogP contribution < -0.4 is 4.74 Å². The fraction of sp³-hybridized carbons (Fsp3) is 0.0714. The molecule has 1 aromatic carbocycles. The highest BCUT2D eigenvalue weighted by Gasteiger charge is 2.10. The fourth-order valence-corrected chi connectivity index (χ4v) is 2.24. The van der Waals surface area contributed by atoms with E-state index in [1.807, 2.05) is 30.3 Å². The van der Waals surface area contributed by atoms with Crippen molar-refractivity contribution in [2.75, 3.05) is 7.11 Å². The molecule has 19 heavy (non-hydrogen) atoms. The Morgan fingerprint density at radius 1 is 1.21 bits per heavy atom. The van der Waals surface area contributed by atoms with Crippen LogP contribution in [-0.4, -0.2) is 17.1 Å². The van der Waals surface area contributed by atoms with E-state index in [0.717, 1.165) is 27.4 Å². The van der Waals surface area contributed by atoms with E-state index in [1.54, 1.807) is 19.5 Å². The summed E-state index contributed by atoms with van der Waals surface area (Å²) < 4.78 is 12.0. The number of hydrogen-bond acceptors (Lipinski definition) is 3. The molecule has 0 aliphatic heterocycles. The number of nitrogens with one attached hydrogen (secondary N) is 1. The van der Waals surface area contributed by atoms with E-state index in [1.165, 1.54) is 0 Å². The van der Waals surface area contributed by atoms with E-state index >= 15 is 0 Å². The number of benzene rings is 1. The average molecular weight is 319 g/mol. The van der Waals surface area contributed by atoms with Gasteiger partial charge >= 0.3 is 0 Å². The zero-order chi connectivity index (χ0) is 13.2. The van der Waals surface area contributed by atoms with Gasteiger partial charge in [0.05, 0.1) is 11.6 Å². The number of imidazole rings is 1. The first-order valence-corrected chi connectivity index (χ1v) is 6.51. The molecular formula is C14H11BrN2O2. The number of nitrogens with zero attached hydrogens (tertiary/aromatic N) is 1. The lowest BCUT2D eigenvalue weighted by Gasteiger charge is -2.04. The maximum Gasteiger partial charge on any atom is 0.173 e. The first-order valence-electron chi connectivity index (χ1n) is 5.71. The third-order valence-electron chi connectivity index (χ3n) is 2.77. The van der Waals surface area contributed by atoms with Crippen molar-refractivity contribution < 1.29 is 9.15 Å². The number of rotatable bonds is 3. The number of furan rings is 1. The fourth-order valence-electron chi connectivity index (χ4n) is 1.83. The first-order chi connectivity index (χ1) is 9.28. The van der Waals surface area contributed by atoms with Gasteiger partial charge in [0.25, 0.3) is 0 Å². The Morgan fingerprint density at radius 3 is 2.79 bits per heavy atom. The van der Waals surface area contributed by atoms with E-state index < -0.39 is 0 Å². The maximum absolute atomic E-state index is 5.79. The minimum Gasteiger partial charge on any atom is -0.496 e. The van der Waals surface area contributed by atoms with E-state index in [-0.39, 0.29) is 0 Å². The largest absolute Gasteiger partial charge is 0.496 e. The average Bonchev–Trinajstić information content (AvgIpc) is 3.10. The number of hydrogen-bond donors (Lipinski definition) is 1. The van der Waals surface area contributed by atoms with Crippen LogP contribution in [0.4, 0.5) is 0 Å². The third kappa shape index (κ3) is 2.29. The summed E-state index contributed by atoms with van der Waals surface area (Å²) in [6.07, 6.45) is 3.46. The summed E-state index contributed by atoms with van der Waals surface area (Å²) >= 11 is 3.43. The quantitative estimate of drug-likeness (QED) is 0.790. The van der Waals surface area contributed by atoms with Crippen LogP contribution in [0.25, 0.3) is 22.9 Å². The summed E-state index contributed by atoms with van der Waals surface area (Å²) in [5.41, 5.74) is 0.956. The lowest BCUT2D eigenvalue weighted by atomic mass is 10.1. The Balaban J connectivity index is 1.99. The van der Waals surface area contributed by atoms with Gasteiger partial charge < -0.3 is 14.1 Å². The van der Waals surface area contributed by atoms with Gasteiger partial charge in [-0.3, -0.25) is 0 Å². The second-order valence-electron chi connectivity index (χ2n) is 3.95. The molecular weight excluding hydrogens is 308 g/mol. The molecule has 96 valence electrons. The summed E-state index contributed by atoms with van der Waals surface area (Å²) in [6.45, 7) is 0. The second kappa shape index (κ2) is 4.93. The maximum atomic E-state index is 5.79. The molecule has 0 atom stereocenters. The zero-order valence-electron chi connectivity index (χ0n) is 10.2. The van der Waals surface area contributed by atoms with E-state index in [2.05, 4.69) is 25.9 Å². The van der Waals surface area contributed by atoms with E-state index in [9.17, 15) is 0 Å². The van der Waals surface area contributed by atoms with Gasteiger partial charge in [-0.2, -0.15) is 0 Å². The van der Waals surface area contributed by atoms with Gasteiger partial charge in [-0.05, 0) is 46.3 Å². The van der Waals surface area contributed by atoms with Crippen molar-refractivity contribution in [1.82, 2.24) is 9.97 Å². The predicted octanol–water partition coefficient (Wildman–Crippen LogP) is 4.11. The molecule has 0 aliphatic carbocycles. The summed E-state index contributed by atoms with van der Waals surface area (Å²) in [5.74, 6) is 2.97. The Kier molecular flexibility index (Phi) is 3.13. The van der Waals surface area contributed by atoms with E-state index in [4.69, 9.17) is 9.15 Å². The molecule has 0 saturated heterocycles. The normalized spacial score (nSPS) is 10.6. The van der Waals surface area contributed by atoms with Crippen LogP contribution in [0.5, 0.6) is 5.75 Å². The lowest BCUT2D eigenvalue weighted by Crippen LogP contribution is -1.85. The Hall–Kier alpha value is -2.01. The van der Waals surface area contributed by atoms with Crippen LogP contribution in [0.2, 0.25) is 0 Å². The molecule has 3 aromatic rings. The Morgan fingerprint density at radius 2 is 2.05 bits per heavy atom. The monoisotopic (exact) mass is 318 g/mol. The van der Waals surface area contributed by atoms with Crippen molar-refractivity contribution >= 4 is 15.9 Å². The SMILES string of the molecule is COc1cc(-c2ccc(-c3ncc[nH]3)o2)ccc1Br. The number of H-pyrrole nitrogens is 1. The highest BCUT2D eigenvalue weighted by molar-refractivity contribution is 9.10. The van der Waals surface area contributed by atoms with Crippen LogP contribution in [-0.2, 0) is 0 Å². The summed E-state index contributed by atoms with van der Waals surface area (Å²) in [7, 11) is 1.64. The van der Waals surface area contributed by atoms with Gasteiger partial charge in [0.15, 0.2) is 11.6 Å². The number of aromatic nitrogens is 2. The van der Waals surface area contributed by atoms with Crippen molar-refractivity contribution in [1.29, 1.82) is 0 Å². The van der Waals surface area contributed by atoms with Gasteiger partial charge in [0.2, 0.25) is 0 Å². The molecule has 1 N–H and O–H groups in total. The molecule has 0 saturated carbocycles. The predicted molar refractivity (Wildman–Crippen MR) is 76.0 cm³/mol. The smallest absolute Gasteiger partial charge is 0.173 e. The van der Waals surface area contributed by atoms with E-state index in [0.29, 0.717) is 5.76 Å². The van der Waals surface area contributed by atoms with Crippen LogP contribution in [0.15, 0.2) is 51.6 Å². The molecule has 5 heteroatoms. The van der Waals surface area contributed by atoms with Crippen molar-refractivity contribution in [2.45, 2.75) is 0 Å². The molecule has 2 aromatic heterocycles. The third-order valence-corrected chi connectivity index (χ3v) is 3.43. The lowest BCUT2D eigenvalue weighted by molar-refractivity contribution is 0.412.